The number of anilines is 1. The Morgan fingerprint density at radius 3 is 2.21 bits per heavy atom. The van der Waals surface area contributed by atoms with Crippen LogP contribution in [0.25, 0.3) is 0 Å². The molecule has 0 atom stereocenters. The Hall–Kier alpha value is -0.450. The molecule has 0 aromatic heterocycles. The minimum atomic E-state index is 0.125. The highest BCUT2D eigenvalue weighted by Crippen LogP contribution is 2.33. The molecule has 0 amide bonds. The Bertz CT molecular complexity index is 319. The van der Waals surface area contributed by atoms with Gasteiger partial charge in [0.05, 0.1) is 16.4 Å². The van der Waals surface area contributed by atoms with Gasteiger partial charge in [-0.05, 0) is 45.7 Å². The van der Waals surface area contributed by atoms with Crippen molar-refractivity contribution in [1.29, 1.82) is 0 Å². The normalized spacial score (nSPS) is 11.5. The van der Waals surface area contributed by atoms with Gasteiger partial charge in [0.1, 0.15) is 0 Å². The smallest absolute Gasteiger partial charge is 0.155 e. The van der Waals surface area contributed by atoms with E-state index in [4.69, 9.17) is 10.5 Å². The van der Waals surface area contributed by atoms with E-state index in [2.05, 4.69) is 49.4 Å². The fourth-order valence-corrected chi connectivity index (χ4v) is 2.13. The highest BCUT2D eigenvalue weighted by atomic mass is 127. The Morgan fingerprint density at radius 1 is 1.29 bits per heavy atom. The topological polar surface area (TPSA) is 35.2 Å². The molecule has 0 aliphatic rings. The average Bonchev–Trinajstić information content (AvgIpc) is 2.01. The van der Waals surface area contributed by atoms with E-state index in [9.17, 15) is 0 Å². The number of ether oxygens (including phenoxy) is 1. The fraction of sp³-hybridized carbons (Fsp3) is 0.455. The maximum atomic E-state index is 5.90. The van der Waals surface area contributed by atoms with Crippen LogP contribution in [-0.4, -0.2) is 7.11 Å². The number of rotatable bonds is 1. The van der Waals surface area contributed by atoms with Crippen molar-refractivity contribution in [3.8, 4) is 5.75 Å². The summed E-state index contributed by atoms with van der Waals surface area (Å²) < 4.78 is 6.28. The number of methoxy groups -OCH3 is 1. The van der Waals surface area contributed by atoms with Gasteiger partial charge in [0.2, 0.25) is 0 Å². The van der Waals surface area contributed by atoms with Crippen molar-refractivity contribution in [3.05, 3.63) is 21.3 Å². The second-order valence-corrected chi connectivity index (χ2v) is 5.49. The summed E-state index contributed by atoms with van der Waals surface area (Å²) in [7, 11) is 1.64. The van der Waals surface area contributed by atoms with Crippen molar-refractivity contribution in [3.63, 3.8) is 0 Å². The Labute approximate surface area is 99.0 Å². The lowest BCUT2D eigenvalue weighted by atomic mass is 9.87. The van der Waals surface area contributed by atoms with E-state index in [1.54, 1.807) is 7.11 Å². The number of halogens is 1. The monoisotopic (exact) mass is 305 g/mol. The number of nitrogen functional groups attached to an aromatic ring is 1. The first-order valence-corrected chi connectivity index (χ1v) is 5.57. The lowest BCUT2D eigenvalue weighted by molar-refractivity contribution is 0.413. The van der Waals surface area contributed by atoms with Crippen LogP contribution in [0.5, 0.6) is 5.75 Å². The van der Waals surface area contributed by atoms with Gasteiger partial charge in [0.25, 0.3) is 0 Å². The van der Waals surface area contributed by atoms with Gasteiger partial charge in [-0.3, -0.25) is 0 Å². The Kier molecular flexibility index (Phi) is 3.29. The first-order chi connectivity index (χ1) is 6.36. The van der Waals surface area contributed by atoms with Gasteiger partial charge >= 0.3 is 0 Å². The van der Waals surface area contributed by atoms with Gasteiger partial charge in [0, 0.05) is 0 Å². The molecule has 0 aliphatic heterocycles. The highest BCUT2D eigenvalue weighted by molar-refractivity contribution is 14.1. The standard InChI is InChI=1S/C11H16INO/c1-11(2,3)7-5-8(12)10(14-4)9(13)6-7/h5-6H,13H2,1-4H3. The minimum Gasteiger partial charge on any atom is -0.493 e. The molecular formula is C11H16INO. The summed E-state index contributed by atoms with van der Waals surface area (Å²) >= 11 is 2.25. The van der Waals surface area contributed by atoms with Crippen molar-refractivity contribution in [1.82, 2.24) is 0 Å². The third-order valence-electron chi connectivity index (χ3n) is 2.14. The van der Waals surface area contributed by atoms with Crippen molar-refractivity contribution >= 4 is 28.3 Å². The summed E-state index contributed by atoms with van der Waals surface area (Å²) in [5, 5.41) is 0. The SMILES string of the molecule is COc1c(N)cc(C(C)(C)C)cc1I. The average molecular weight is 305 g/mol. The van der Waals surface area contributed by atoms with Gasteiger partial charge in [-0.25, -0.2) is 0 Å². The van der Waals surface area contributed by atoms with Crippen LogP contribution in [0.1, 0.15) is 26.3 Å². The van der Waals surface area contributed by atoms with Crippen LogP contribution in [0.4, 0.5) is 5.69 Å². The molecule has 0 saturated heterocycles. The van der Waals surface area contributed by atoms with Crippen LogP contribution in [-0.2, 0) is 5.41 Å². The number of benzene rings is 1. The van der Waals surface area contributed by atoms with Crippen LogP contribution in [0.3, 0.4) is 0 Å². The molecule has 2 N–H and O–H groups in total. The van der Waals surface area contributed by atoms with E-state index in [1.165, 1.54) is 5.56 Å². The molecule has 0 saturated carbocycles. The van der Waals surface area contributed by atoms with E-state index < -0.39 is 0 Å². The second-order valence-electron chi connectivity index (χ2n) is 4.33. The predicted octanol–water partition coefficient (Wildman–Crippen LogP) is 3.18. The van der Waals surface area contributed by atoms with Crippen LogP contribution in [0.2, 0.25) is 0 Å². The number of hydrogen-bond donors (Lipinski definition) is 1. The van der Waals surface area contributed by atoms with Crippen molar-refractivity contribution in [2.45, 2.75) is 26.2 Å². The summed E-state index contributed by atoms with van der Waals surface area (Å²) in [5.41, 5.74) is 7.97. The molecule has 0 bridgehead atoms. The summed E-state index contributed by atoms with van der Waals surface area (Å²) in [6, 6.07) is 4.11. The highest BCUT2D eigenvalue weighted by Gasteiger charge is 2.17. The van der Waals surface area contributed by atoms with Gasteiger partial charge in [-0.15, -0.1) is 0 Å². The van der Waals surface area contributed by atoms with Crippen LogP contribution in [0, 0.1) is 3.57 Å². The quantitative estimate of drug-likeness (QED) is 0.639. The predicted molar refractivity (Wildman–Crippen MR) is 68.8 cm³/mol. The molecule has 14 heavy (non-hydrogen) atoms. The molecule has 0 aliphatic carbocycles. The van der Waals surface area contributed by atoms with Crippen molar-refractivity contribution < 1.29 is 4.74 Å². The molecule has 2 nitrogen and oxygen atoms in total. The van der Waals surface area contributed by atoms with Crippen LogP contribution >= 0.6 is 22.6 Å². The number of nitrogens with two attached hydrogens (primary N) is 1. The van der Waals surface area contributed by atoms with Crippen LogP contribution in [0.15, 0.2) is 12.1 Å². The fourth-order valence-electron chi connectivity index (χ4n) is 1.26. The molecule has 3 heteroatoms. The lowest BCUT2D eigenvalue weighted by Gasteiger charge is -2.21. The number of hydrogen-bond acceptors (Lipinski definition) is 2. The lowest BCUT2D eigenvalue weighted by Crippen LogP contribution is -2.12. The van der Waals surface area contributed by atoms with E-state index in [1.807, 2.05) is 6.07 Å². The molecule has 0 radical (unpaired) electrons. The third-order valence-corrected chi connectivity index (χ3v) is 2.94. The molecule has 0 unspecified atom stereocenters. The summed E-state index contributed by atoms with van der Waals surface area (Å²) in [5.74, 6) is 0.776. The molecule has 1 aromatic carbocycles. The summed E-state index contributed by atoms with van der Waals surface area (Å²) in [4.78, 5) is 0. The molecule has 0 heterocycles. The molecule has 0 fully saturated rings. The van der Waals surface area contributed by atoms with Gasteiger partial charge in [-0.1, -0.05) is 20.8 Å². The van der Waals surface area contributed by atoms with Gasteiger partial charge in [0.15, 0.2) is 5.75 Å². The first-order valence-electron chi connectivity index (χ1n) is 4.49. The first kappa shape index (κ1) is 11.6. The zero-order chi connectivity index (χ0) is 10.9. The van der Waals surface area contributed by atoms with Gasteiger partial charge < -0.3 is 10.5 Å². The maximum absolute atomic E-state index is 5.90. The molecule has 1 aromatic rings. The second kappa shape index (κ2) is 3.96. The molecular weight excluding hydrogens is 289 g/mol. The maximum Gasteiger partial charge on any atom is 0.155 e. The zero-order valence-electron chi connectivity index (χ0n) is 9.02. The zero-order valence-corrected chi connectivity index (χ0v) is 11.2. The summed E-state index contributed by atoms with van der Waals surface area (Å²) in [6.45, 7) is 6.51. The Balaban J connectivity index is 3.28. The van der Waals surface area contributed by atoms with E-state index in [0.29, 0.717) is 5.69 Å². The molecule has 0 spiro atoms. The van der Waals surface area contributed by atoms with Crippen LogP contribution < -0.4 is 10.5 Å². The van der Waals surface area contributed by atoms with Gasteiger partial charge in [-0.2, -0.15) is 0 Å². The van der Waals surface area contributed by atoms with E-state index >= 15 is 0 Å². The largest absolute Gasteiger partial charge is 0.493 e. The Morgan fingerprint density at radius 2 is 1.86 bits per heavy atom. The minimum absolute atomic E-state index is 0.125. The van der Waals surface area contributed by atoms with E-state index in [0.717, 1.165) is 9.32 Å². The van der Waals surface area contributed by atoms with Crippen molar-refractivity contribution in [2.24, 2.45) is 0 Å². The van der Waals surface area contributed by atoms with E-state index in [-0.39, 0.29) is 5.41 Å². The molecule has 1 rings (SSSR count). The third kappa shape index (κ3) is 2.32. The summed E-state index contributed by atoms with van der Waals surface area (Å²) in [6.07, 6.45) is 0. The van der Waals surface area contributed by atoms with Crippen molar-refractivity contribution in [2.75, 3.05) is 12.8 Å². The molecule has 78 valence electrons.